The Bertz CT molecular complexity index is 1710. The minimum Gasteiger partial charge on any atom is -0.489 e. The zero-order valence-electron chi connectivity index (χ0n) is 21.8. The van der Waals surface area contributed by atoms with Crippen LogP contribution < -0.4 is 19.6 Å². The van der Waals surface area contributed by atoms with Crippen LogP contribution in [0.3, 0.4) is 0 Å². The number of fused-ring (bicyclic) bond motifs is 1. The number of allylic oxidation sites excluding steroid dienone is 2. The van der Waals surface area contributed by atoms with Crippen LogP contribution >= 0.6 is 22.7 Å². The van der Waals surface area contributed by atoms with E-state index in [1.165, 1.54) is 22.7 Å². The topological polar surface area (TPSA) is 69.9 Å². The van der Waals surface area contributed by atoms with Crippen LogP contribution in [0.2, 0.25) is 0 Å². The molecule has 198 valence electrons. The van der Waals surface area contributed by atoms with Crippen molar-refractivity contribution < 1.29 is 14.3 Å². The predicted octanol–water partition coefficient (Wildman–Crippen LogP) is 5.17. The fourth-order valence-electron chi connectivity index (χ4n) is 4.54. The molecule has 0 N–H and O–H groups in total. The van der Waals surface area contributed by atoms with Gasteiger partial charge in [0.05, 0.1) is 22.4 Å². The molecule has 4 aromatic rings. The fraction of sp³-hybridized carbons (Fsp3) is 0.194. The maximum atomic E-state index is 13.8. The van der Waals surface area contributed by atoms with E-state index in [1.807, 2.05) is 78.2 Å². The van der Waals surface area contributed by atoms with Crippen LogP contribution in [0.5, 0.6) is 5.75 Å². The standard InChI is InChI=1S/C31H28N2O4S2/c1-4-10-23-17-22(14-15-24(23)37-19-21-11-7-6-8-12-21)18-26-29(34)33-28(25-13-9-16-38-25)27(30(35)36-5-2)20(3)32-31(33)39-26/h4,6-9,11-18,28H,1,5,10,19H2,2-3H3/b26-18+/t28-/m1/s1. The number of benzene rings is 2. The monoisotopic (exact) mass is 556 g/mol. The van der Waals surface area contributed by atoms with Crippen molar-refractivity contribution in [3.63, 3.8) is 0 Å². The first-order valence-electron chi connectivity index (χ1n) is 12.6. The second-order valence-electron chi connectivity index (χ2n) is 8.95. The second-order valence-corrected chi connectivity index (χ2v) is 10.9. The zero-order chi connectivity index (χ0) is 27.4. The molecule has 0 aliphatic carbocycles. The van der Waals surface area contributed by atoms with Crippen molar-refractivity contribution >= 4 is 34.7 Å². The summed E-state index contributed by atoms with van der Waals surface area (Å²) in [6, 6.07) is 19.2. The number of ether oxygens (including phenoxy) is 2. The molecular weight excluding hydrogens is 528 g/mol. The second kappa shape index (κ2) is 11.8. The molecule has 3 heterocycles. The van der Waals surface area contributed by atoms with E-state index in [2.05, 4.69) is 11.6 Å². The molecule has 0 bridgehead atoms. The normalized spacial score (nSPS) is 15.0. The van der Waals surface area contributed by atoms with Crippen LogP contribution in [0.25, 0.3) is 6.08 Å². The molecule has 6 nitrogen and oxygen atoms in total. The van der Waals surface area contributed by atoms with E-state index >= 15 is 0 Å². The SMILES string of the molecule is C=CCc1cc(/C=c2/sc3n(c2=O)[C@H](c2cccs2)C(C(=O)OCC)=C(C)N=3)ccc1OCc1ccccc1. The molecule has 0 saturated heterocycles. The summed E-state index contributed by atoms with van der Waals surface area (Å²) < 4.78 is 13.6. The number of carbonyl (C=O) groups excluding carboxylic acids is 1. The van der Waals surface area contributed by atoms with Gasteiger partial charge in [-0.2, -0.15) is 0 Å². The van der Waals surface area contributed by atoms with Gasteiger partial charge in [-0.25, -0.2) is 9.79 Å². The number of esters is 1. The van der Waals surface area contributed by atoms with Crippen molar-refractivity contribution in [3.8, 4) is 5.75 Å². The van der Waals surface area contributed by atoms with E-state index in [0.29, 0.717) is 33.6 Å². The molecule has 1 aliphatic heterocycles. The maximum absolute atomic E-state index is 13.8. The molecule has 2 aromatic heterocycles. The van der Waals surface area contributed by atoms with Crippen molar-refractivity contribution in [3.05, 3.63) is 131 Å². The summed E-state index contributed by atoms with van der Waals surface area (Å²) in [6.07, 6.45) is 4.34. The minimum absolute atomic E-state index is 0.193. The minimum atomic E-state index is -0.576. The summed E-state index contributed by atoms with van der Waals surface area (Å²) in [5.74, 6) is 0.330. The number of aromatic nitrogens is 1. The van der Waals surface area contributed by atoms with Gasteiger partial charge in [0.1, 0.15) is 18.4 Å². The summed E-state index contributed by atoms with van der Waals surface area (Å²) in [4.78, 5) is 32.8. The first-order chi connectivity index (χ1) is 19.0. The molecule has 5 rings (SSSR count). The molecule has 0 spiro atoms. The predicted molar refractivity (Wildman–Crippen MR) is 156 cm³/mol. The average Bonchev–Trinajstić information content (AvgIpc) is 3.57. The largest absolute Gasteiger partial charge is 0.489 e. The lowest BCUT2D eigenvalue weighted by molar-refractivity contribution is -0.139. The van der Waals surface area contributed by atoms with Gasteiger partial charge in [-0.15, -0.1) is 17.9 Å². The molecule has 8 heteroatoms. The van der Waals surface area contributed by atoms with Gasteiger partial charge in [-0.1, -0.05) is 59.9 Å². The lowest BCUT2D eigenvalue weighted by Crippen LogP contribution is -2.39. The van der Waals surface area contributed by atoms with Gasteiger partial charge < -0.3 is 9.47 Å². The first-order valence-corrected chi connectivity index (χ1v) is 14.3. The van der Waals surface area contributed by atoms with Crippen LogP contribution in [0.4, 0.5) is 0 Å². The zero-order valence-corrected chi connectivity index (χ0v) is 23.4. The van der Waals surface area contributed by atoms with Crippen LogP contribution in [0, 0.1) is 0 Å². The summed E-state index contributed by atoms with van der Waals surface area (Å²) in [7, 11) is 0. The summed E-state index contributed by atoms with van der Waals surface area (Å²) in [5, 5.41) is 1.94. The Morgan fingerprint density at radius 2 is 1.97 bits per heavy atom. The third kappa shape index (κ3) is 5.57. The van der Waals surface area contributed by atoms with Gasteiger partial charge in [0, 0.05) is 4.88 Å². The van der Waals surface area contributed by atoms with Crippen molar-refractivity contribution in [2.24, 2.45) is 4.99 Å². The molecule has 39 heavy (non-hydrogen) atoms. The van der Waals surface area contributed by atoms with E-state index in [9.17, 15) is 9.59 Å². The number of hydrogen-bond acceptors (Lipinski definition) is 7. The van der Waals surface area contributed by atoms with Gasteiger partial charge in [-0.05, 0) is 66.6 Å². The number of hydrogen-bond donors (Lipinski definition) is 0. The highest BCUT2D eigenvalue weighted by Gasteiger charge is 2.33. The van der Waals surface area contributed by atoms with E-state index in [4.69, 9.17) is 9.47 Å². The van der Waals surface area contributed by atoms with E-state index in [0.717, 1.165) is 27.3 Å². The smallest absolute Gasteiger partial charge is 0.338 e. The highest BCUT2D eigenvalue weighted by atomic mass is 32.1. The summed E-state index contributed by atoms with van der Waals surface area (Å²) in [5.41, 5.74) is 3.71. The van der Waals surface area contributed by atoms with E-state index in [-0.39, 0.29) is 12.2 Å². The number of rotatable bonds is 9. The van der Waals surface area contributed by atoms with Crippen molar-refractivity contribution in [1.82, 2.24) is 4.57 Å². The summed E-state index contributed by atoms with van der Waals surface area (Å²) >= 11 is 2.81. The van der Waals surface area contributed by atoms with Gasteiger partial charge in [0.15, 0.2) is 4.80 Å². The third-order valence-electron chi connectivity index (χ3n) is 6.31. The molecule has 0 saturated carbocycles. The molecule has 0 amide bonds. The quantitative estimate of drug-likeness (QED) is 0.211. The molecule has 1 atom stereocenters. The fourth-order valence-corrected chi connectivity index (χ4v) is 6.41. The van der Waals surface area contributed by atoms with Crippen molar-refractivity contribution in [2.75, 3.05) is 6.61 Å². The van der Waals surface area contributed by atoms with Gasteiger partial charge in [0.2, 0.25) is 0 Å². The molecule has 1 aliphatic rings. The van der Waals surface area contributed by atoms with Crippen molar-refractivity contribution in [2.45, 2.75) is 32.9 Å². The van der Waals surface area contributed by atoms with Gasteiger partial charge >= 0.3 is 5.97 Å². The van der Waals surface area contributed by atoms with E-state index in [1.54, 1.807) is 18.4 Å². The maximum Gasteiger partial charge on any atom is 0.338 e. The van der Waals surface area contributed by atoms with Crippen molar-refractivity contribution in [1.29, 1.82) is 0 Å². The lowest BCUT2D eigenvalue weighted by atomic mass is 10.0. The molecule has 2 aromatic carbocycles. The van der Waals surface area contributed by atoms with Crippen LogP contribution in [0.15, 0.2) is 99.8 Å². The van der Waals surface area contributed by atoms with Crippen LogP contribution in [-0.4, -0.2) is 17.1 Å². The average molecular weight is 557 g/mol. The highest BCUT2D eigenvalue weighted by molar-refractivity contribution is 7.10. The number of thiazole rings is 1. The third-order valence-corrected chi connectivity index (χ3v) is 8.22. The Labute approximate surface area is 234 Å². The Morgan fingerprint density at radius 1 is 1.15 bits per heavy atom. The number of thiophene rings is 1. The highest BCUT2D eigenvalue weighted by Crippen LogP contribution is 2.33. The summed E-state index contributed by atoms with van der Waals surface area (Å²) in [6.45, 7) is 8.16. The van der Waals surface area contributed by atoms with E-state index < -0.39 is 12.0 Å². The molecule has 0 radical (unpaired) electrons. The van der Waals surface area contributed by atoms with Crippen LogP contribution in [-0.2, 0) is 22.6 Å². The number of nitrogens with zero attached hydrogens (tertiary/aromatic N) is 2. The Kier molecular flexibility index (Phi) is 8.05. The number of carbonyl (C=O) groups is 1. The Hall–Kier alpha value is -4.01. The van der Waals surface area contributed by atoms with Gasteiger partial charge in [0.25, 0.3) is 5.56 Å². The first kappa shape index (κ1) is 26.6. The Morgan fingerprint density at radius 3 is 2.69 bits per heavy atom. The Balaban J connectivity index is 1.54. The lowest BCUT2D eigenvalue weighted by Gasteiger charge is -2.23. The molecular formula is C31H28N2O4S2. The van der Waals surface area contributed by atoms with Crippen LogP contribution in [0.1, 0.15) is 41.5 Å². The molecule has 0 unspecified atom stereocenters. The van der Waals surface area contributed by atoms with Gasteiger partial charge in [-0.3, -0.25) is 9.36 Å². The molecule has 0 fully saturated rings.